The number of benzene rings is 1. The van der Waals surface area contributed by atoms with Crippen molar-refractivity contribution in [3.05, 3.63) is 28.2 Å². The van der Waals surface area contributed by atoms with Gasteiger partial charge >= 0.3 is 0 Å². The summed E-state index contributed by atoms with van der Waals surface area (Å²) in [5, 5.41) is 12.2. The standard InChI is InChI=1S/C12H18BrNO/c1-9-5-6-11(13)8-12(9)14-10(2)4-3-7-15/h5-6,8,10,14-15H,3-4,7H2,1-2H3. The first-order valence-electron chi connectivity index (χ1n) is 5.27. The molecule has 0 spiro atoms. The molecule has 0 radical (unpaired) electrons. The van der Waals surface area contributed by atoms with E-state index in [1.165, 1.54) is 5.56 Å². The van der Waals surface area contributed by atoms with Crippen LogP contribution in [0.1, 0.15) is 25.3 Å². The van der Waals surface area contributed by atoms with Crippen LogP contribution in [0, 0.1) is 6.92 Å². The van der Waals surface area contributed by atoms with Gasteiger partial charge in [0.2, 0.25) is 0 Å². The van der Waals surface area contributed by atoms with Gasteiger partial charge in [-0.1, -0.05) is 22.0 Å². The second-order valence-electron chi connectivity index (χ2n) is 3.87. The third-order valence-corrected chi connectivity index (χ3v) is 2.89. The van der Waals surface area contributed by atoms with Gasteiger partial charge in [0.15, 0.2) is 0 Å². The van der Waals surface area contributed by atoms with Gasteiger partial charge in [-0.15, -0.1) is 0 Å². The first-order chi connectivity index (χ1) is 7.13. The summed E-state index contributed by atoms with van der Waals surface area (Å²) in [6.45, 7) is 4.49. The lowest BCUT2D eigenvalue weighted by Crippen LogP contribution is -2.16. The van der Waals surface area contributed by atoms with Gasteiger partial charge in [0.05, 0.1) is 0 Å². The predicted octanol–water partition coefficient (Wildman–Crippen LogP) is 3.33. The summed E-state index contributed by atoms with van der Waals surface area (Å²) in [5.41, 5.74) is 2.41. The van der Waals surface area contributed by atoms with Crippen LogP contribution in [-0.4, -0.2) is 17.8 Å². The number of rotatable bonds is 5. The fourth-order valence-corrected chi connectivity index (χ4v) is 1.85. The van der Waals surface area contributed by atoms with E-state index in [4.69, 9.17) is 5.11 Å². The number of aryl methyl sites for hydroxylation is 1. The Morgan fingerprint density at radius 2 is 2.20 bits per heavy atom. The van der Waals surface area contributed by atoms with Gasteiger partial charge in [-0.25, -0.2) is 0 Å². The van der Waals surface area contributed by atoms with Gasteiger partial charge in [-0.2, -0.15) is 0 Å². The molecule has 0 saturated carbocycles. The minimum Gasteiger partial charge on any atom is -0.396 e. The van der Waals surface area contributed by atoms with Gasteiger partial charge in [-0.3, -0.25) is 0 Å². The van der Waals surface area contributed by atoms with Gasteiger partial charge in [0.1, 0.15) is 0 Å². The average Bonchev–Trinajstić information content (AvgIpc) is 2.20. The zero-order valence-electron chi connectivity index (χ0n) is 9.26. The Kier molecular flexibility index (Phi) is 5.12. The smallest absolute Gasteiger partial charge is 0.0431 e. The molecular weight excluding hydrogens is 254 g/mol. The second kappa shape index (κ2) is 6.13. The van der Waals surface area contributed by atoms with Crippen LogP contribution in [0.15, 0.2) is 22.7 Å². The number of aliphatic hydroxyl groups is 1. The van der Waals surface area contributed by atoms with E-state index in [0.717, 1.165) is 23.0 Å². The molecule has 0 saturated heterocycles. The molecule has 15 heavy (non-hydrogen) atoms. The summed E-state index contributed by atoms with van der Waals surface area (Å²) >= 11 is 3.46. The molecule has 3 heteroatoms. The van der Waals surface area contributed by atoms with E-state index in [-0.39, 0.29) is 6.61 Å². The van der Waals surface area contributed by atoms with Crippen molar-refractivity contribution < 1.29 is 5.11 Å². The SMILES string of the molecule is Cc1ccc(Br)cc1NC(C)CCCO. The molecule has 1 rings (SSSR count). The van der Waals surface area contributed by atoms with Crippen molar-refractivity contribution in [2.45, 2.75) is 32.7 Å². The Balaban J connectivity index is 2.59. The molecule has 0 bridgehead atoms. The van der Waals surface area contributed by atoms with Gasteiger partial charge in [-0.05, 0) is 44.4 Å². The minimum atomic E-state index is 0.267. The van der Waals surface area contributed by atoms with Crippen LogP contribution in [0.25, 0.3) is 0 Å². The highest BCUT2D eigenvalue weighted by Crippen LogP contribution is 2.21. The van der Waals surface area contributed by atoms with Crippen molar-refractivity contribution in [3.63, 3.8) is 0 Å². The molecule has 2 nitrogen and oxygen atoms in total. The normalized spacial score (nSPS) is 12.5. The van der Waals surface area contributed by atoms with E-state index in [2.05, 4.69) is 47.2 Å². The van der Waals surface area contributed by atoms with E-state index < -0.39 is 0 Å². The molecule has 2 N–H and O–H groups in total. The molecule has 0 aliphatic heterocycles. The van der Waals surface area contributed by atoms with E-state index in [1.807, 2.05) is 6.07 Å². The minimum absolute atomic E-state index is 0.267. The first-order valence-corrected chi connectivity index (χ1v) is 6.06. The summed E-state index contributed by atoms with van der Waals surface area (Å²) in [6.07, 6.45) is 1.84. The molecular formula is C12H18BrNO. The summed E-state index contributed by atoms with van der Waals surface area (Å²) in [6, 6.07) is 6.61. The van der Waals surface area contributed by atoms with E-state index in [0.29, 0.717) is 6.04 Å². The van der Waals surface area contributed by atoms with Crippen molar-refractivity contribution in [1.82, 2.24) is 0 Å². The van der Waals surface area contributed by atoms with Crippen molar-refractivity contribution in [3.8, 4) is 0 Å². The molecule has 0 fully saturated rings. The molecule has 0 amide bonds. The lowest BCUT2D eigenvalue weighted by molar-refractivity contribution is 0.282. The third-order valence-electron chi connectivity index (χ3n) is 2.40. The maximum atomic E-state index is 8.74. The zero-order valence-corrected chi connectivity index (χ0v) is 10.8. The number of halogens is 1. The molecule has 1 atom stereocenters. The van der Waals surface area contributed by atoms with Crippen molar-refractivity contribution in [2.24, 2.45) is 0 Å². The van der Waals surface area contributed by atoms with Gasteiger partial charge in [0.25, 0.3) is 0 Å². The highest BCUT2D eigenvalue weighted by Gasteiger charge is 2.04. The molecule has 1 aromatic rings. The van der Waals surface area contributed by atoms with E-state index in [1.54, 1.807) is 0 Å². The van der Waals surface area contributed by atoms with Crippen LogP contribution in [-0.2, 0) is 0 Å². The summed E-state index contributed by atoms with van der Waals surface area (Å²) in [7, 11) is 0. The lowest BCUT2D eigenvalue weighted by Gasteiger charge is -2.16. The molecule has 0 aliphatic carbocycles. The molecule has 84 valence electrons. The van der Waals surface area contributed by atoms with Crippen molar-refractivity contribution in [1.29, 1.82) is 0 Å². The predicted molar refractivity (Wildman–Crippen MR) is 68.3 cm³/mol. The molecule has 1 aromatic carbocycles. The fourth-order valence-electron chi connectivity index (χ4n) is 1.48. The third kappa shape index (κ3) is 4.22. The van der Waals surface area contributed by atoms with Crippen LogP contribution in [0.2, 0.25) is 0 Å². The Morgan fingerprint density at radius 1 is 1.47 bits per heavy atom. The number of nitrogens with one attached hydrogen (secondary N) is 1. The number of anilines is 1. The monoisotopic (exact) mass is 271 g/mol. The molecule has 0 aliphatic rings. The van der Waals surface area contributed by atoms with Gasteiger partial charge < -0.3 is 10.4 Å². The highest BCUT2D eigenvalue weighted by atomic mass is 79.9. The van der Waals surface area contributed by atoms with Crippen molar-refractivity contribution >= 4 is 21.6 Å². The fraction of sp³-hybridized carbons (Fsp3) is 0.500. The molecule has 0 heterocycles. The Morgan fingerprint density at radius 3 is 2.87 bits per heavy atom. The second-order valence-corrected chi connectivity index (χ2v) is 4.79. The van der Waals surface area contributed by atoms with Crippen LogP contribution >= 0.6 is 15.9 Å². The maximum Gasteiger partial charge on any atom is 0.0431 e. The number of hydrogen-bond acceptors (Lipinski definition) is 2. The molecule has 1 unspecified atom stereocenters. The largest absolute Gasteiger partial charge is 0.396 e. The van der Waals surface area contributed by atoms with Crippen LogP contribution in [0.5, 0.6) is 0 Å². The summed E-state index contributed by atoms with van der Waals surface area (Å²) in [4.78, 5) is 0. The van der Waals surface area contributed by atoms with Crippen LogP contribution in [0.3, 0.4) is 0 Å². The van der Waals surface area contributed by atoms with Crippen LogP contribution < -0.4 is 5.32 Å². The Labute approximate surface area is 99.8 Å². The Hall–Kier alpha value is -0.540. The van der Waals surface area contributed by atoms with Crippen molar-refractivity contribution in [2.75, 3.05) is 11.9 Å². The summed E-state index contributed by atoms with van der Waals surface area (Å²) < 4.78 is 1.09. The molecule has 0 aromatic heterocycles. The first kappa shape index (κ1) is 12.5. The Bertz CT molecular complexity index is 314. The van der Waals surface area contributed by atoms with Crippen LogP contribution in [0.4, 0.5) is 5.69 Å². The average molecular weight is 272 g/mol. The van der Waals surface area contributed by atoms with Gasteiger partial charge in [0, 0.05) is 22.8 Å². The van der Waals surface area contributed by atoms with E-state index >= 15 is 0 Å². The summed E-state index contributed by atoms with van der Waals surface area (Å²) in [5.74, 6) is 0. The lowest BCUT2D eigenvalue weighted by atomic mass is 10.1. The zero-order chi connectivity index (χ0) is 11.3. The topological polar surface area (TPSA) is 32.3 Å². The maximum absolute atomic E-state index is 8.74. The highest BCUT2D eigenvalue weighted by molar-refractivity contribution is 9.10. The van der Waals surface area contributed by atoms with E-state index in [9.17, 15) is 0 Å². The quantitative estimate of drug-likeness (QED) is 0.861. The number of aliphatic hydroxyl groups excluding tert-OH is 1. The number of hydrogen-bond donors (Lipinski definition) is 2.